The van der Waals surface area contributed by atoms with E-state index in [1.54, 1.807) is 6.20 Å². The van der Waals surface area contributed by atoms with E-state index in [1.165, 1.54) is 11.1 Å². The van der Waals surface area contributed by atoms with Gasteiger partial charge in [-0.3, -0.25) is 0 Å². The topological polar surface area (TPSA) is 59.0 Å². The molecule has 1 aliphatic carbocycles. The Morgan fingerprint density at radius 3 is 2.77 bits per heavy atom. The van der Waals surface area contributed by atoms with Gasteiger partial charge in [0, 0.05) is 18.9 Å². The van der Waals surface area contributed by atoms with Crippen molar-refractivity contribution in [1.82, 2.24) is 20.4 Å². The minimum absolute atomic E-state index is 0.0992. The normalized spacial score (nSPS) is 15.9. The lowest BCUT2D eigenvalue weighted by Gasteiger charge is -2.26. The Hall–Kier alpha value is -3.08. The SMILES string of the molecule is O=C(NCc1ccc(-n2cccn2)cc1)N[C@@H]1CCCc2ccccc21. The van der Waals surface area contributed by atoms with Crippen molar-refractivity contribution in [3.63, 3.8) is 0 Å². The molecule has 132 valence electrons. The highest BCUT2D eigenvalue weighted by atomic mass is 16.2. The van der Waals surface area contributed by atoms with Crippen molar-refractivity contribution in [1.29, 1.82) is 0 Å². The van der Waals surface area contributed by atoms with Gasteiger partial charge in [-0.05, 0) is 54.2 Å². The molecule has 5 heteroatoms. The summed E-state index contributed by atoms with van der Waals surface area (Å²) in [6.07, 6.45) is 6.85. The van der Waals surface area contributed by atoms with E-state index in [1.807, 2.05) is 47.3 Å². The summed E-state index contributed by atoms with van der Waals surface area (Å²) in [5.74, 6) is 0. The molecule has 0 spiro atoms. The van der Waals surface area contributed by atoms with Crippen LogP contribution in [-0.2, 0) is 13.0 Å². The van der Waals surface area contributed by atoms with Gasteiger partial charge in [0.1, 0.15) is 0 Å². The molecule has 0 saturated heterocycles. The fourth-order valence-corrected chi connectivity index (χ4v) is 3.48. The molecule has 1 heterocycles. The van der Waals surface area contributed by atoms with Crippen LogP contribution in [0.3, 0.4) is 0 Å². The molecule has 4 rings (SSSR count). The van der Waals surface area contributed by atoms with E-state index in [-0.39, 0.29) is 12.1 Å². The van der Waals surface area contributed by atoms with Crippen molar-refractivity contribution in [2.45, 2.75) is 31.8 Å². The van der Waals surface area contributed by atoms with E-state index in [4.69, 9.17) is 0 Å². The second-order valence-electron chi connectivity index (χ2n) is 6.59. The van der Waals surface area contributed by atoms with Gasteiger partial charge < -0.3 is 10.6 Å². The van der Waals surface area contributed by atoms with Crippen LogP contribution in [-0.4, -0.2) is 15.8 Å². The summed E-state index contributed by atoms with van der Waals surface area (Å²) in [6.45, 7) is 0.500. The number of carbonyl (C=O) groups is 1. The van der Waals surface area contributed by atoms with Crippen molar-refractivity contribution in [3.05, 3.63) is 83.7 Å². The molecule has 0 radical (unpaired) electrons. The number of aryl methyl sites for hydroxylation is 1. The predicted octanol–water partition coefficient (Wildman–Crippen LogP) is 3.75. The Balaban J connectivity index is 1.33. The average molecular weight is 346 g/mol. The van der Waals surface area contributed by atoms with Crippen LogP contribution in [0.5, 0.6) is 0 Å². The number of hydrogen-bond donors (Lipinski definition) is 2. The van der Waals surface area contributed by atoms with E-state index in [0.717, 1.165) is 30.5 Å². The van der Waals surface area contributed by atoms with Crippen LogP contribution >= 0.6 is 0 Å². The first-order valence-electron chi connectivity index (χ1n) is 9.01. The predicted molar refractivity (Wildman–Crippen MR) is 101 cm³/mol. The van der Waals surface area contributed by atoms with E-state index in [2.05, 4.69) is 33.9 Å². The largest absolute Gasteiger partial charge is 0.334 e. The molecule has 1 aromatic heterocycles. The molecule has 2 aromatic carbocycles. The van der Waals surface area contributed by atoms with Crippen molar-refractivity contribution >= 4 is 6.03 Å². The average Bonchev–Trinajstić information content (AvgIpc) is 3.22. The summed E-state index contributed by atoms with van der Waals surface area (Å²) in [5, 5.41) is 10.3. The van der Waals surface area contributed by atoms with Gasteiger partial charge in [0.15, 0.2) is 0 Å². The standard InChI is InChI=1S/C21H22N4O/c26-21(24-20-8-3-6-17-5-1-2-7-19(17)20)22-15-16-9-11-18(12-10-16)25-14-4-13-23-25/h1-2,4-5,7,9-14,20H,3,6,8,15H2,(H2,22,24,26)/t20-/m1/s1. The van der Waals surface area contributed by atoms with Crippen LogP contribution < -0.4 is 10.6 Å². The number of nitrogens with zero attached hydrogens (tertiary/aromatic N) is 2. The number of rotatable bonds is 4. The third-order valence-electron chi connectivity index (χ3n) is 4.83. The van der Waals surface area contributed by atoms with E-state index in [9.17, 15) is 4.79 Å². The second-order valence-corrected chi connectivity index (χ2v) is 6.59. The number of hydrogen-bond acceptors (Lipinski definition) is 2. The van der Waals surface area contributed by atoms with Gasteiger partial charge >= 0.3 is 6.03 Å². The molecule has 0 unspecified atom stereocenters. The lowest BCUT2D eigenvalue weighted by molar-refractivity contribution is 0.235. The molecule has 2 N–H and O–H groups in total. The van der Waals surface area contributed by atoms with Crippen molar-refractivity contribution in [2.75, 3.05) is 0 Å². The van der Waals surface area contributed by atoms with Crippen LogP contribution in [0.25, 0.3) is 5.69 Å². The fourth-order valence-electron chi connectivity index (χ4n) is 3.48. The first-order valence-corrected chi connectivity index (χ1v) is 9.01. The molecule has 0 saturated carbocycles. The Labute approximate surface area is 153 Å². The Bertz CT molecular complexity index is 871. The molecule has 1 aliphatic rings. The van der Waals surface area contributed by atoms with Gasteiger partial charge in [-0.2, -0.15) is 5.10 Å². The van der Waals surface area contributed by atoms with Gasteiger partial charge in [0.05, 0.1) is 11.7 Å². The quantitative estimate of drug-likeness (QED) is 0.756. The number of amides is 2. The number of carbonyl (C=O) groups excluding carboxylic acids is 1. The molecule has 3 aromatic rings. The zero-order valence-electron chi connectivity index (χ0n) is 14.6. The summed E-state index contributed by atoms with van der Waals surface area (Å²) in [6, 6.07) is 18.3. The molecular formula is C21H22N4O. The maximum absolute atomic E-state index is 12.3. The van der Waals surface area contributed by atoms with Gasteiger partial charge in [0.2, 0.25) is 0 Å². The minimum Gasteiger partial charge on any atom is -0.334 e. The van der Waals surface area contributed by atoms with Crippen LogP contribution in [0, 0.1) is 0 Å². The monoisotopic (exact) mass is 346 g/mol. The first-order chi connectivity index (χ1) is 12.8. The molecule has 0 bridgehead atoms. The number of fused-ring (bicyclic) bond motifs is 1. The third kappa shape index (κ3) is 3.61. The molecule has 0 aliphatic heterocycles. The van der Waals surface area contributed by atoms with Crippen molar-refractivity contribution in [2.24, 2.45) is 0 Å². The number of benzene rings is 2. The Morgan fingerprint density at radius 2 is 1.96 bits per heavy atom. The molecular weight excluding hydrogens is 324 g/mol. The summed E-state index contributed by atoms with van der Waals surface area (Å²) in [4.78, 5) is 12.3. The van der Waals surface area contributed by atoms with Crippen LogP contribution in [0.1, 0.15) is 35.6 Å². The smallest absolute Gasteiger partial charge is 0.315 e. The molecule has 26 heavy (non-hydrogen) atoms. The van der Waals surface area contributed by atoms with Crippen LogP contribution in [0.15, 0.2) is 67.0 Å². The molecule has 5 nitrogen and oxygen atoms in total. The first kappa shape index (κ1) is 16.4. The van der Waals surface area contributed by atoms with Gasteiger partial charge in [-0.1, -0.05) is 36.4 Å². The Morgan fingerprint density at radius 1 is 1.12 bits per heavy atom. The molecule has 0 fully saturated rings. The lowest BCUT2D eigenvalue weighted by Crippen LogP contribution is -2.38. The zero-order valence-corrected chi connectivity index (χ0v) is 14.6. The number of nitrogens with one attached hydrogen (secondary N) is 2. The summed E-state index contributed by atoms with van der Waals surface area (Å²) >= 11 is 0. The van der Waals surface area contributed by atoms with Crippen LogP contribution in [0.4, 0.5) is 4.79 Å². The van der Waals surface area contributed by atoms with Crippen molar-refractivity contribution < 1.29 is 4.79 Å². The maximum Gasteiger partial charge on any atom is 0.315 e. The van der Waals surface area contributed by atoms with E-state index >= 15 is 0 Å². The van der Waals surface area contributed by atoms with E-state index in [0.29, 0.717) is 6.54 Å². The van der Waals surface area contributed by atoms with Gasteiger partial charge in [-0.25, -0.2) is 9.48 Å². The fraction of sp³-hybridized carbons (Fsp3) is 0.238. The highest BCUT2D eigenvalue weighted by Gasteiger charge is 2.21. The summed E-state index contributed by atoms with van der Waals surface area (Å²) in [5.41, 5.74) is 4.65. The van der Waals surface area contributed by atoms with Crippen molar-refractivity contribution in [3.8, 4) is 5.69 Å². The third-order valence-corrected chi connectivity index (χ3v) is 4.83. The summed E-state index contributed by atoms with van der Waals surface area (Å²) < 4.78 is 1.81. The maximum atomic E-state index is 12.3. The van der Waals surface area contributed by atoms with Gasteiger partial charge in [-0.15, -0.1) is 0 Å². The highest BCUT2D eigenvalue weighted by molar-refractivity contribution is 5.74. The number of aromatic nitrogens is 2. The zero-order chi connectivity index (χ0) is 17.8. The van der Waals surface area contributed by atoms with Gasteiger partial charge in [0.25, 0.3) is 0 Å². The molecule has 1 atom stereocenters. The van der Waals surface area contributed by atoms with Crippen LogP contribution in [0.2, 0.25) is 0 Å². The summed E-state index contributed by atoms with van der Waals surface area (Å²) in [7, 11) is 0. The lowest BCUT2D eigenvalue weighted by atomic mass is 9.88. The molecule has 2 amide bonds. The van der Waals surface area contributed by atoms with E-state index < -0.39 is 0 Å². The minimum atomic E-state index is -0.122. The Kier molecular flexibility index (Phi) is 4.69. The number of urea groups is 1. The second kappa shape index (κ2) is 7.44. The highest BCUT2D eigenvalue weighted by Crippen LogP contribution is 2.29.